The Morgan fingerprint density at radius 1 is 1.00 bits per heavy atom. The van der Waals surface area contributed by atoms with Crippen LogP contribution in [0.1, 0.15) is 31.0 Å². The van der Waals surface area contributed by atoms with E-state index in [1.165, 1.54) is 12.7 Å². The van der Waals surface area contributed by atoms with Gasteiger partial charge in [0.2, 0.25) is 5.88 Å². The predicted octanol–water partition coefficient (Wildman–Crippen LogP) is 4.26. The van der Waals surface area contributed by atoms with Gasteiger partial charge in [0.05, 0.1) is 18.0 Å². The van der Waals surface area contributed by atoms with E-state index >= 15 is 0 Å². The maximum absolute atomic E-state index is 6.27. The maximum Gasteiger partial charge on any atom is 0.224 e. The Bertz CT molecular complexity index is 1460. The molecule has 2 N–H and O–H groups in total. The van der Waals surface area contributed by atoms with E-state index in [1.54, 1.807) is 7.11 Å². The van der Waals surface area contributed by atoms with E-state index in [1.807, 2.05) is 53.0 Å². The van der Waals surface area contributed by atoms with Gasteiger partial charge in [0.1, 0.15) is 23.4 Å². The Kier molecular flexibility index (Phi) is 4.24. The highest BCUT2D eigenvalue weighted by Gasteiger charge is 2.27. The third-order valence-corrected chi connectivity index (χ3v) is 6.12. The minimum atomic E-state index is 0.401. The summed E-state index contributed by atoms with van der Waals surface area (Å²) < 4.78 is 7.42. The molecule has 1 aliphatic carbocycles. The number of hydrogen-bond donors (Lipinski definition) is 1. The highest BCUT2D eigenvalue weighted by Crippen LogP contribution is 2.39. The molecule has 0 saturated heterocycles. The first kappa shape index (κ1) is 18.7. The van der Waals surface area contributed by atoms with Gasteiger partial charge in [0.15, 0.2) is 11.6 Å². The molecule has 6 rings (SSSR count). The fourth-order valence-electron chi connectivity index (χ4n) is 4.23. The van der Waals surface area contributed by atoms with Gasteiger partial charge in [-0.25, -0.2) is 19.5 Å². The van der Waals surface area contributed by atoms with Crippen molar-refractivity contribution in [2.45, 2.75) is 25.2 Å². The summed E-state index contributed by atoms with van der Waals surface area (Å²) in [4.78, 5) is 18.6. The van der Waals surface area contributed by atoms with Gasteiger partial charge in [-0.3, -0.25) is 0 Å². The van der Waals surface area contributed by atoms with Crippen molar-refractivity contribution in [1.29, 1.82) is 0 Å². The van der Waals surface area contributed by atoms with Crippen LogP contribution in [0.15, 0.2) is 54.9 Å². The molecule has 0 atom stereocenters. The van der Waals surface area contributed by atoms with Gasteiger partial charge in [-0.1, -0.05) is 42.8 Å². The first-order valence-corrected chi connectivity index (χ1v) is 10.6. The Hall–Kier alpha value is -4.07. The summed E-state index contributed by atoms with van der Waals surface area (Å²) in [5.41, 5.74) is 10.4. The standard InChI is InChI=1S/C24H21N7O/c1-32-24-17-11-10-16(12-18(17)28-22(30-24)14-6-3-2-4-7-14)19-20-21(25)26-13-27-31(20)23(29-19)15-8-5-9-15/h2-4,6-7,10-13,15H,5,8-9H2,1H3,(H2,25,26,27). The van der Waals surface area contributed by atoms with Gasteiger partial charge in [-0.05, 0) is 25.0 Å². The summed E-state index contributed by atoms with van der Waals surface area (Å²) in [5.74, 6) is 2.91. The van der Waals surface area contributed by atoms with Crippen LogP contribution in [0.4, 0.5) is 5.82 Å². The van der Waals surface area contributed by atoms with Crippen molar-refractivity contribution in [3.63, 3.8) is 0 Å². The van der Waals surface area contributed by atoms with Gasteiger partial charge in [-0.2, -0.15) is 10.1 Å². The Labute approximate surface area is 184 Å². The number of nitrogen functional groups attached to an aromatic ring is 1. The number of benzene rings is 2. The average molecular weight is 423 g/mol. The van der Waals surface area contributed by atoms with Crippen LogP contribution in [0.2, 0.25) is 0 Å². The average Bonchev–Trinajstić information content (AvgIpc) is 3.18. The molecule has 8 heteroatoms. The predicted molar refractivity (Wildman–Crippen MR) is 122 cm³/mol. The Morgan fingerprint density at radius 2 is 1.84 bits per heavy atom. The van der Waals surface area contributed by atoms with Crippen LogP contribution < -0.4 is 10.5 Å². The number of rotatable bonds is 4. The molecule has 3 aromatic heterocycles. The van der Waals surface area contributed by atoms with Crippen LogP contribution >= 0.6 is 0 Å². The second kappa shape index (κ2) is 7.26. The second-order valence-electron chi connectivity index (χ2n) is 8.01. The van der Waals surface area contributed by atoms with E-state index in [0.717, 1.165) is 51.9 Å². The fraction of sp³-hybridized carbons (Fsp3) is 0.208. The summed E-state index contributed by atoms with van der Waals surface area (Å²) in [6.45, 7) is 0. The van der Waals surface area contributed by atoms with Gasteiger partial charge >= 0.3 is 0 Å². The number of hydrogen-bond acceptors (Lipinski definition) is 7. The van der Waals surface area contributed by atoms with E-state index in [-0.39, 0.29) is 0 Å². The van der Waals surface area contributed by atoms with Crippen molar-refractivity contribution in [3.8, 4) is 28.5 Å². The van der Waals surface area contributed by atoms with Gasteiger partial charge < -0.3 is 10.5 Å². The molecule has 3 heterocycles. The van der Waals surface area contributed by atoms with E-state index in [0.29, 0.717) is 23.4 Å². The van der Waals surface area contributed by atoms with Gasteiger partial charge in [0.25, 0.3) is 0 Å². The number of aromatic nitrogens is 6. The molecule has 1 fully saturated rings. The minimum absolute atomic E-state index is 0.401. The molecule has 2 aromatic carbocycles. The molecular formula is C24H21N7O. The Balaban J connectivity index is 1.57. The number of methoxy groups -OCH3 is 1. The number of fused-ring (bicyclic) bond motifs is 2. The van der Waals surface area contributed by atoms with E-state index in [2.05, 4.69) is 15.1 Å². The second-order valence-corrected chi connectivity index (χ2v) is 8.01. The molecule has 0 unspecified atom stereocenters. The number of nitrogens with zero attached hydrogens (tertiary/aromatic N) is 6. The quantitative estimate of drug-likeness (QED) is 0.460. The lowest BCUT2D eigenvalue weighted by atomic mass is 9.85. The van der Waals surface area contributed by atoms with E-state index < -0.39 is 0 Å². The zero-order valence-electron chi connectivity index (χ0n) is 17.6. The molecule has 1 saturated carbocycles. The SMILES string of the molecule is COc1nc(-c2ccccc2)nc2cc(-c3nc(C4CCC4)n4ncnc(N)c34)ccc12. The molecule has 158 valence electrons. The monoisotopic (exact) mass is 423 g/mol. The van der Waals surface area contributed by atoms with Crippen molar-refractivity contribution in [3.05, 3.63) is 60.7 Å². The van der Waals surface area contributed by atoms with Crippen molar-refractivity contribution in [2.75, 3.05) is 12.8 Å². The summed E-state index contributed by atoms with van der Waals surface area (Å²) in [6.07, 6.45) is 4.93. The van der Waals surface area contributed by atoms with Crippen LogP contribution in [0.3, 0.4) is 0 Å². The highest BCUT2D eigenvalue weighted by molar-refractivity contribution is 5.92. The molecule has 0 radical (unpaired) electrons. The van der Waals surface area contributed by atoms with Gasteiger partial charge in [-0.15, -0.1) is 0 Å². The number of anilines is 1. The zero-order valence-corrected chi connectivity index (χ0v) is 17.6. The minimum Gasteiger partial charge on any atom is -0.480 e. The summed E-state index contributed by atoms with van der Waals surface area (Å²) in [7, 11) is 1.62. The molecule has 0 aliphatic heterocycles. The molecule has 1 aliphatic rings. The smallest absolute Gasteiger partial charge is 0.224 e. The fourth-order valence-corrected chi connectivity index (χ4v) is 4.23. The van der Waals surface area contributed by atoms with Crippen molar-refractivity contribution >= 4 is 22.2 Å². The van der Waals surface area contributed by atoms with Crippen LogP contribution in [0, 0.1) is 0 Å². The lowest BCUT2D eigenvalue weighted by Crippen LogP contribution is -2.14. The van der Waals surface area contributed by atoms with Crippen molar-refractivity contribution in [2.24, 2.45) is 0 Å². The number of ether oxygens (including phenoxy) is 1. The lowest BCUT2D eigenvalue weighted by molar-refractivity contribution is 0.396. The molecule has 0 amide bonds. The topological polar surface area (TPSA) is 104 Å². The van der Waals surface area contributed by atoms with E-state index in [4.69, 9.17) is 20.4 Å². The number of nitrogens with two attached hydrogens (primary N) is 1. The van der Waals surface area contributed by atoms with Gasteiger partial charge in [0, 0.05) is 17.0 Å². The van der Waals surface area contributed by atoms with Crippen molar-refractivity contribution < 1.29 is 4.74 Å². The first-order chi connectivity index (χ1) is 15.7. The number of imidazole rings is 1. The van der Waals surface area contributed by atoms with Crippen LogP contribution in [-0.2, 0) is 0 Å². The third-order valence-electron chi connectivity index (χ3n) is 6.12. The molecule has 5 aromatic rings. The third kappa shape index (κ3) is 2.87. The summed E-state index contributed by atoms with van der Waals surface area (Å²) in [5, 5.41) is 5.29. The van der Waals surface area contributed by atoms with Crippen LogP contribution in [-0.4, -0.2) is 36.7 Å². The first-order valence-electron chi connectivity index (χ1n) is 10.6. The largest absolute Gasteiger partial charge is 0.480 e. The highest BCUT2D eigenvalue weighted by atomic mass is 16.5. The molecular weight excluding hydrogens is 402 g/mol. The maximum atomic E-state index is 6.27. The molecule has 8 nitrogen and oxygen atoms in total. The van der Waals surface area contributed by atoms with Crippen molar-refractivity contribution in [1.82, 2.24) is 29.5 Å². The van der Waals surface area contributed by atoms with Crippen LogP contribution in [0.5, 0.6) is 5.88 Å². The lowest BCUT2D eigenvalue weighted by Gasteiger charge is -2.23. The van der Waals surface area contributed by atoms with Crippen LogP contribution in [0.25, 0.3) is 39.1 Å². The molecule has 32 heavy (non-hydrogen) atoms. The van der Waals surface area contributed by atoms with E-state index in [9.17, 15) is 0 Å². The zero-order chi connectivity index (χ0) is 21.7. The molecule has 0 bridgehead atoms. The summed E-state index contributed by atoms with van der Waals surface area (Å²) in [6, 6.07) is 15.8. The summed E-state index contributed by atoms with van der Waals surface area (Å²) >= 11 is 0. The molecule has 0 spiro atoms. The Morgan fingerprint density at radius 3 is 2.59 bits per heavy atom. The normalized spacial score (nSPS) is 14.0.